The monoisotopic (exact) mass is 484 g/mol. The van der Waals surface area contributed by atoms with Gasteiger partial charge in [0.15, 0.2) is 5.82 Å². The second-order valence-electron chi connectivity index (χ2n) is 7.93. The maximum Gasteiger partial charge on any atom is 0.490 e. The summed E-state index contributed by atoms with van der Waals surface area (Å²) in [5.41, 5.74) is 5.14. The molecular formula is C24H23F3N6O2. The molecule has 0 aliphatic carbocycles. The van der Waals surface area contributed by atoms with Gasteiger partial charge in [0, 0.05) is 18.0 Å². The van der Waals surface area contributed by atoms with Crippen LogP contribution in [0.5, 0.6) is 0 Å². The van der Waals surface area contributed by atoms with E-state index in [1.807, 2.05) is 42.9 Å². The second kappa shape index (κ2) is 10.5. The van der Waals surface area contributed by atoms with Crippen molar-refractivity contribution in [3.8, 4) is 33.9 Å². The highest BCUT2D eigenvalue weighted by Gasteiger charge is 2.38. The highest BCUT2D eigenvalue weighted by atomic mass is 19.4. The van der Waals surface area contributed by atoms with E-state index < -0.39 is 12.1 Å². The Kier molecular flexibility index (Phi) is 7.25. The van der Waals surface area contributed by atoms with E-state index in [1.165, 1.54) is 0 Å². The molecule has 5 rings (SSSR count). The van der Waals surface area contributed by atoms with Crippen LogP contribution in [0.15, 0.2) is 67.3 Å². The maximum atomic E-state index is 10.6. The number of piperidine rings is 1. The molecule has 35 heavy (non-hydrogen) atoms. The minimum absolute atomic E-state index is 0.481. The number of halogens is 3. The van der Waals surface area contributed by atoms with Gasteiger partial charge in [-0.25, -0.2) is 9.78 Å². The van der Waals surface area contributed by atoms with E-state index in [4.69, 9.17) is 9.90 Å². The number of nitrogens with zero attached hydrogens (tertiary/aromatic N) is 4. The number of carbonyl (C=O) groups is 1. The number of rotatable bonds is 4. The first-order chi connectivity index (χ1) is 16.8. The van der Waals surface area contributed by atoms with Crippen LogP contribution in [0.2, 0.25) is 0 Å². The van der Waals surface area contributed by atoms with E-state index in [0.717, 1.165) is 59.8 Å². The number of imidazole rings is 1. The van der Waals surface area contributed by atoms with Crippen LogP contribution in [0.25, 0.3) is 33.9 Å². The first-order valence-electron chi connectivity index (χ1n) is 10.9. The van der Waals surface area contributed by atoms with Crippen molar-refractivity contribution in [2.75, 3.05) is 13.1 Å². The van der Waals surface area contributed by atoms with E-state index in [9.17, 15) is 13.2 Å². The number of carboxylic acids is 1. The lowest BCUT2D eigenvalue weighted by Gasteiger charge is -2.22. The summed E-state index contributed by atoms with van der Waals surface area (Å²) in [5.74, 6) is -1.99. The minimum Gasteiger partial charge on any atom is -0.475 e. The highest BCUT2D eigenvalue weighted by molar-refractivity contribution is 5.73. The molecule has 1 aromatic carbocycles. The Morgan fingerprint density at radius 1 is 1.00 bits per heavy atom. The fraction of sp³-hybridized carbons (Fsp3) is 0.250. The topological polar surface area (TPSA) is 109 Å². The number of aromatic amines is 1. The van der Waals surface area contributed by atoms with Crippen molar-refractivity contribution in [1.29, 1.82) is 0 Å². The zero-order chi connectivity index (χ0) is 24.8. The Morgan fingerprint density at radius 2 is 1.71 bits per heavy atom. The average Bonchev–Trinajstić information content (AvgIpc) is 3.56. The number of pyridine rings is 1. The van der Waals surface area contributed by atoms with Crippen LogP contribution >= 0.6 is 0 Å². The Morgan fingerprint density at radius 3 is 2.40 bits per heavy atom. The molecule has 3 aromatic heterocycles. The third kappa shape index (κ3) is 6.12. The first-order valence-corrected chi connectivity index (χ1v) is 10.9. The number of H-pyrrole nitrogens is 1. The summed E-state index contributed by atoms with van der Waals surface area (Å²) < 4.78 is 33.8. The molecule has 182 valence electrons. The number of carboxylic acid groups (broad SMARTS) is 1. The molecule has 0 radical (unpaired) electrons. The quantitative estimate of drug-likeness (QED) is 0.392. The Hall–Kier alpha value is -3.99. The van der Waals surface area contributed by atoms with E-state index >= 15 is 0 Å². The number of benzene rings is 1. The molecule has 8 nitrogen and oxygen atoms in total. The molecule has 1 aliphatic rings. The summed E-state index contributed by atoms with van der Waals surface area (Å²) >= 11 is 0. The molecule has 0 bridgehead atoms. The molecule has 1 fully saturated rings. The summed E-state index contributed by atoms with van der Waals surface area (Å²) in [6.07, 6.45) is 4.94. The van der Waals surface area contributed by atoms with Crippen molar-refractivity contribution in [3.05, 3.63) is 67.3 Å². The predicted octanol–water partition coefficient (Wildman–Crippen LogP) is 4.56. The number of aliphatic carboxylic acids is 1. The van der Waals surface area contributed by atoms with Crippen LogP contribution in [-0.4, -0.2) is 55.1 Å². The zero-order valence-corrected chi connectivity index (χ0v) is 18.5. The maximum absolute atomic E-state index is 10.6. The molecule has 0 spiro atoms. The summed E-state index contributed by atoms with van der Waals surface area (Å²) in [6, 6.07) is 14.8. The minimum atomic E-state index is -5.08. The van der Waals surface area contributed by atoms with Gasteiger partial charge in [-0.3, -0.25) is 9.67 Å². The van der Waals surface area contributed by atoms with E-state index in [-0.39, 0.29) is 0 Å². The number of hydrogen-bond acceptors (Lipinski definition) is 5. The lowest BCUT2D eigenvalue weighted by molar-refractivity contribution is -0.192. The number of hydrogen-bond donors (Lipinski definition) is 3. The normalized spacial score (nSPS) is 14.3. The van der Waals surface area contributed by atoms with Gasteiger partial charge in [0.2, 0.25) is 0 Å². The lowest BCUT2D eigenvalue weighted by Crippen LogP contribution is -2.29. The molecular weight excluding hydrogens is 461 g/mol. The Labute approximate surface area is 198 Å². The fourth-order valence-electron chi connectivity index (χ4n) is 3.71. The van der Waals surface area contributed by atoms with Gasteiger partial charge in [-0.1, -0.05) is 30.3 Å². The molecule has 4 aromatic rings. The van der Waals surface area contributed by atoms with Gasteiger partial charge in [0.05, 0.1) is 24.1 Å². The standard InChI is InChI=1S/C22H22N6.C2HF3O2/c1-2-4-16(5-3-1)21-14-25-22(27-21)20-12-17(6-11-24-20)18-13-26-28(15-18)19-7-9-23-10-8-19;3-2(4,5)1(6)7/h1-6,11-15,19,23H,7-10H2,(H,25,27);(H,6,7). The summed E-state index contributed by atoms with van der Waals surface area (Å²) in [6.45, 7) is 2.11. The van der Waals surface area contributed by atoms with E-state index in [2.05, 4.69) is 54.4 Å². The van der Waals surface area contributed by atoms with Crippen LogP contribution in [0.1, 0.15) is 18.9 Å². The van der Waals surface area contributed by atoms with Gasteiger partial charge in [0.25, 0.3) is 0 Å². The van der Waals surface area contributed by atoms with Gasteiger partial charge in [-0.15, -0.1) is 0 Å². The van der Waals surface area contributed by atoms with Crippen LogP contribution in [0.3, 0.4) is 0 Å². The lowest BCUT2D eigenvalue weighted by atomic mass is 10.1. The third-order valence-corrected chi connectivity index (χ3v) is 5.52. The van der Waals surface area contributed by atoms with Crippen molar-refractivity contribution in [3.63, 3.8) is 0 Å². The number of nitrogens with one attached hydrogen (secondary N) is 2. The number of aromatic nitrogens is 5. The zero-order valence-electron chi connectivity index (χ0n) is 18.5. The molecule has 0 amide bonds. The fourth-order valence-corrected chi connectivity index (χ4v) is 3.71. The van der Waals surface area contributed by atoms with Gasteiger partial charge < -0.3 is 15.4 Å². The van der Waals surface area contributed by atoms with Crippen molar-refractivity contribution in [2.45, 2.75) is 25.1 Å². The van der Waals surface area contributed by atoms with Gasteiger partial charge in [0.1, 0.15) is 5.69 Å². The molecule has 1 saturated heterocycles. The van der Waals surface area contributed by atoms with Crippen molar-refractivity contribution in [2.24, 2.45) is 0 Å². The third-order valence-electron chi connectivity index (χ3n) is 5.52. The summed E-state index contributed by atoms with van der Waals surface area (Å²) in [4.78, 5) is 21.3. The summed E-state index contributed by atoms with van der Waals surface area (Å²) in [5, 5.41) is 15.1. The largest absolute Gasteiger partial charge is 0.490 e. The van der Waals surface area contributed by atoms with Crippen LogP contribution in [0.4, 0.5) is 13.2 Å². The molecule has 11 heteroatoms. The molecule has 0 unspecified atom stereocenters. The van der Waals surface area contributed by atoms with E-state index in [1.54, 1.807) is 0 Å². The van der Waals surface area contributed by atoms with Crippen molar-refractivity contribution in [1.82, 2.24) is 30.0 Å². The molecule has 4 heterocycles. The molecule has 0 saturated carbocycles. The van der Waals surface area contributed by atoms with E-state index in [0.29, 0.717) is 6.04 Å². The predicted molar refractivity (Wildman–Crippen MR) is 123 cm³/mol. The average molecular weight is 484 g/mol. The number of alkyl halides is 3. The second-order valence-corrected chi connectivity index (χ2v) is 7.93. The van der Waals surface area contributed by atoms with Crippen molar-refractivity contribution < 1.29 is 23.1 Å². The van der Waals surface area contributed by atoms with Gasteiger partial charge in [-0.05, 0) is 49.2 Å². The van der Waals surface area contributed by atoms with Gasteiger partial charge in [-0.2, -0.15) is 18.3 Å². The molecule has 3 N–H and O–H groups in total. The first kappa shape index (κ1) is 24.1. The SMILES string of the molecule is O=C(O)C(F)(F)F.c1ccc(-c2cnc(-c3cc(-c4cnn(C5CCNCC5)c4)ccn3)[nH]2)cc1. The highest BCUT2D eigenvalue weighted by Crippen LogP contribution is 2.27. The molecule has 1 aliphatic heterocycles. The van der Waals surface area contributed by atoms with Crippen molar-refractivity contribution >= 4 is 5.97 Å². The van der Waals surface area contributed by atoms with Crippen LogP contribution in [-0.2, 0) is 4.79 Å². The Balaban J connectivity index is 0.000000364. The Bertz CT molecular complexity index is 1260. The summed E-state index contributed by atoms with van der Waals surface area (Å²) in [7, 11) is 0. The molecule has 0 atom stereocenters. The van der Waals surface area contributed by atoms with Crippen LogP contribution < -0.4 is 5.32 Å². The smallest absolute Gasteiger partial charge is 0.475 e. The van der Waals surface area contributed by atoms with Crippen LogP contribution in [0, 0.1) is 0 Å². The van der Waals surface area contributed by atoms with Gasteiger partial charge >= 0.3 is 12.1 Å².